The molecule has 1 aromatic carbocycles. The molecule has 2 rings (SSSR count). The molecule has 2 aromatic rings. The van der Waals surface area contributed by atoms with Crippen molar-refractivity contribution in [2.45, 2.75) is 6.92 Å². The number of hydrogen-bond donors (Lipinski definition) is 0. The molecule has 2 heteroatoms. The van der Waals surface area contributed by atoms with Gasteiger partial charge in [-0.3, -0.25) is 4.79 Å². The van der Waals surface area contributed by atoms with Gasteiger partial charge >= 0.3 is 0 Å². The van der Waals surface area contributed by atoms with E-state index in [1.165, 1.54) is 0 Å². The van der Waals surface area contributed by atoms with Gasteiger partial charge in [0, 0.05) is 10.9 Å². The molecule has 0 atom stereocenters. The number of rotatable bonds is 1. The zero-order valence-electron chi connectivity index (χ0n) is 6.70. The van der Waals surface area contributed by atoms with E-state index < -0.39 is 0 Å². The molecule has 0 aliphatic rings. The first-order valence-electron chi connectivity index (χ1n) is 3.75. The van der Waals surface area contributed by atoms with Crippen LogP contribution in [-0.2, 0) is 0 Å². The van der Waals surface area contributed by atoms with Crippen molar-refractivity contribution in [3.8, 4) is 0 Å². The van der Waals surface area contributed by atoms with Crippen LogP contribution in [0.15, 0.2) is 28.9 Å². The van der Waals surface area contributed by atoms with E-state index in [1.54, 1.807) is 6.26 Å². The zero-order valence-corrected chi connectivity index (χ0v) is 6.70. The molecule has 0 fully saturated rings. The summed E-state index contributed by atoms with van der Waals surface area (Å²) in [4.78, 5) is 10.7. The molecule has 0 saturated heterocycles. The lowest BCUT2D eigenvalue weighted by atomic mass is 10.1. The van der Waals surface area contributed by atoms with E-state index in [4.69, 9.17) is 4.42 Å². The molecule has 0 saturated carbocycles. The Morgan fingerprint density at radius 1 is 1.33 bits per heavy atom. The lowest BCUT2D eigenvalue weighted by molar-refractivity contribution is 0.112. The van der Waals surface area contributed by atoms with Crippen LogP contribution in [0.3, 0.4) is 0 Å². The van der Waals surface area contributed by atoms with Crippen molar-refractivity contribution < 1.29 is 9.21 Å². The van der Waals surface area contributed by atoms with Crippen LogP contribution in [0, 0.1) is 6.92 Å². The van der Waals surface area contributed by atoms with Crippen molar-refractivity contribution in [3.05, 3.63) is 35.6 Å². The molecule has 1 aromatic heterocycles. The van der Waals surface area contributed by atoms with E-state index in [-0.39, 0.29) is 0 Å². The zero-order chi connectivity index (χ0) is 8.55. The summed E-state index contributed by atoms with van der Waals surface area (Å²) >= 11 is 0. The van der Waals surface area contributed by atoms with E-state index in [0.29, 0.717) is 0 Å². The number of carbonyl (C=O) groups is 1. The van der Waals surface area contributed by atoms with Crippen molar-refractivity contribution in [1.82, 2.24) is 0 Å². The highest BCUT2D eigenvalue weighted by molar-refractivity contribution is 5.97. The maximum Gasteiger partial charge on any atom is 0.151 e. The van der Waals surface area contributed by atoms with Gasteiger partial charge in [0.05, 0.1) is 6.26 Å². The molecule has 0 bridgehead atoms. The van der Waals surface area contributed by atoms with E-state index in [9.17, 15) is 4.79 Å². The minimum atomic E-state index is 0.723. The van der Waals surface area contributed by atoms with Crippen molar-refractivity contribution in [2.75, 3.05) is 0 Å². The predicted octanol–water partition coefficient (Wildman–Crippen LogP) is 2.55. The largest absolute Gasteiger partial charge is 0.464 e. The Kier molecular flexibility index (Phi) is 1.47. The minimum Gasteiger partial charge on any atom is -0.464 e. The molecular weight excluding hydrogens is 152 g/mol. The van der Waals surface area contributed by atoms with Crippen LogP contribution in [0.5, 0.6) is 0 Å². The molecule has 0 aliphatic carbocycles. The van der Waals surface area contributed by atoms with Gasteiger partial charge in [-0.2, -0.15) is 0 Å². The van der Waals surface area contributed by atoms with Crippen LogP contribution in [0.1, 0.15) is 15.9 Å². The Labute approximate surface area is 69.8 Å². The number of fused-ring (bicyclic) bond motifs is 1. The summed E-state index contributed by atoms with van der Waals surface area (Å²) in [6.07, 6.45) is 2.46. The highest BCUT2D eigenvalue weighted by Crippen LogP contribution is 2.21. The smallest absolute Gasteiger partial charge is 0.151 e. The van der Waals surface area contributed by atoms with E-state index in [2.05, 4.69) is 0 Å². The van der Waals surface area contributed by atoms with Crippen molar-refractivity contribution in [2.24, 2.45) is 0 Å². The molecule has 12 heavy (non-hydrogen) atoms. The summed E-state index contributed by atoms with van der Waals surface area (Å²) in [5, 5.41) is 0.894. The third-order valence-corrected chi connectivity index (χ3v) is 2.01. The van der Waals surface area contributed by atoms with E-state index in [0.717, 1.165) is 28.4 Å². The molecule has 0 spiro atoms. The van der Waals surface area contributed by atoms with E-state index >= 15 is 0 Å². The molecule has 0 N–H and O–H groups in total. The number of benzene rings is 1. The number of carbonyl (C=O) groups excluding carboxylic acids is 1. The van der Waals surface area contributed by atoms with Gasteiger partial charge in [0.25, 0.3) is 0 Å². The van der Waals surface area contributed by atoms with Crippen LogP contribution >= 0.6 is 0 Å². The maximum atomic E-state index is 10.7. The number of aldehydes is 1. The number of hydrogen-bond acceptors (Lipinski definition) is 2. The topological polar surface area (TPSA) is 30.2 Å². The quantitative estimate of drug-likeness (QED) is 0.600. The Morgan fingerprint density at radius 2 is 2.17 bits per heavy atom. The standard InChI is InChI=1S/C10H8O2/c1-7-2-3-10-8(4-5-12-10)9(7)6-11/h2-6H,1H3. The van der Waals surface area contributed by atoms with Crippen molar-refractivity contribution in [3.63, 3.8) is 0 Å². The first-order chi connectivity index (χ1) is 5.83. The second-order valence-electron chi connectivity index (χ2n) is 2.75. The lowest BCUT2D eigenvalue weighted by Gasteiger charge is -1.97. The molecule has 2 nitrogen and oxygen atoms in total. The van der Waals surface area contributed by atoms with Gasteiger partial charge in [0.15, 0.2) is 6.29 Å². The second kappa shape index (κ2) is 2.48. The second-order valence-corrected chi connectivity index (χ2v) is 2.75. The van der Waals surface area contributed by atoms with Gasteiger partial charge in [-0.1, -0.05) is 6.07 Å². The Morgan fingerprint density at radius 3 is 2.92 bits per heavy atom. The average Bonchev–Trinajstić information content (AvgIpc) is 2.52. The third kappa shape index (κ3) is 0.848. The van der Waals surface area contributed by atoms with Crippen LogP contribution in [0.25, 0.3) is 11.0 Å². The summed E-state index contributed by atoms with van der Waals surface area (Å²) in [7, 11) is 0. The highest BCUT2D eigenvalue weighted by Gasteiger charge is 2.04. The average molecular weight is 160 g/mol. The Balaban J connectivity index is 2.91. The van der Waals surface area contributed by atoms with Gasteiger partial charge in [-0.15, -0.1) is 0 Å². The minimum absolute atomic E-state index is 0.723. The van der Waals surface area contributed by atoms with Crippen molar-refractivity contribution in [1.29, 1.82) is 0 Å². The predicted molar refractivity (Wildman–Crippen MR) is 46.3 cm³/mol. The third-order valence-electron chi connectivity index (χ3n) is 2.01. The van der Waals surface area contributed by atoms with Gasteiger partial charge < -0.3 is 4.42 Å². The first kappa shape index (κ1) is 7.10. The summed E-state index contributed by atoms with van der Waals surface area (Å²) in [6.45, 7) is 1.91. The van der Waals surface area contributed by atoms with Gasteiger partial charge in [-0.25, -0.2) is 0 Å². The normalized spacial score (nSPS) is 10.4. The Hall–Kier alpha value is -1.57. The van der Waals surface area contributed by atoms with Crippen LogP contribution in [0.4, 0.5) is 0 Å². The SMILES string of the molecule is Cc1ccc2occc2c1C=O. The fourth-order valence-electron chi connectivity index (χ4n) is 1.33. The van der Waals surface area contributed by atoms with Crippen molar-refractivity contribution >= 4 is 17.3 Å². The van der Waals surface area contributed by atoms with Gasteiger partial charge in [0.2, 0.25) is 0 Å². The van der Waals surface area contributed by atoms with Gasteiger partial charge in [-0.05, 0) is 24.6 Å². The van der Waals surface area contributed by atoms with Crippen LogP contribution < -0.4 is 0 Å². The number of aryl methyl sites for hydroxylation is 1. The molecule has 1 heterocycles. The molecule has 0 amide bonds. The summed E-state index contributed by atoms with van der Waals surface area (Å²) in [5.74, 6) is 0. The Bertz CT molecular complexity index is 426. The fraction of sp³-hybridized carbons (Fsp3) is 0.100. The molecular formula is C10H8O2. The fourth-order valence-corrected chi connectivity index (χ4v) is 1.33. The monoisotopic (exact) mass is 160 g/mol. The highest BCUT2D eigenvalue weighted by atomic mass is 16.3. The van der Waals surface area contributed by atoms with Gasteiger partial charge in [0.1, 0.15) is 5.58 Å². The number of furan rings is 1. The summed E-state index contributed by atoms with van der Waals surface area (Å²) in [5.41, 5.74) is 2.47. The maximum absolute atomic E-state index is 10.7. The van der Waals surface area contributed by atoms with Crippen LogP contribution in [-0.4, -0.2) is 6.29 Å². The molecule has 0 aliphatic heterocycles. The molecule has 0 unspecified atom stereocenters. The lowest BCUT2D eigenvalue weighted by Crippen LogP contribution is -1.85. The molecule has 0 radical (unpaired) electrons. The molecule has 60 valence electrons. The summed E-state index contributed by atoms with van der Waals surface area (Å²) in [6, 6.07) is 5.57. The van der Waals surface area contributed by atoms with E-state index in [1.807, 2.05) is 25.1 Å². The van der Waals surface area contributed by atoms with Crippen LogP contribution in [0.2, 0.25) is 0 Å². The summed E-state index contributed by atoms with van der Waals surface area (Å²) < 4.78 is 5.16. The first-order valence-corrected chi connectivity index (χ1v) is 3.75.